The predicted molar refractivity (Wildman–Crippen MR) is 70.1 cm³/mol. The van der Waals surface area contributed by atoms with E-state index < -0.39 is 5.78 Å². The number of hydrogen-bond donors (Lipinski definition) is 0. The van der Waals surface area contributed by atoms with Crippen molar-refractivity contribution in [3.63, 3.8) is 0 Å². The van der Waals surface area contributed by atoms with E-state index in [1.807, 2.05) is 19.1 Å². The summed E-state index contributed by atoms with van der Waals surface area (Å²) in [6, 6.07) is 8.78. The molecule has 0 N–H and O–H groups in total. The Labute approximate surface area is 111 Å². The van der Waals surface area contributed by atoms with Crippen LogP contribution in [0.2, 0.25) is 0 Å². The van der Waals surface area contributed by atoms with Crippen molar-refractivity contribution in [1.29, 1.82) is 0 Å². The van der Waals surface area contributed by atoms with E-state index in [0.29, 0.717) is 5.58 Å². The van der Waals surface area contributed by atoms with Gasteiger partial charge in [0.2, 0.25) is 0 Å². The fraction of sp³-hybridized carbons (Fsp3) is 0.286. The van der Waals surface area contributed by atoms with Gasteiger partial charge in [-0.25, -0.2) is 0 Å². The Hall–Kier alpha value is -1.98. The Kier molecular flexibility index (Phi) is 5.92. The van der Waals surface area contributed by atoms with Crippen LogP contribution in [0.1, 0.15) is 17.5 Å². The number of benzene rings is 1. The number of fused-ring (bicyclic) bond motifs is 1. The summed E-state index contributed by atoms with van der Waals surface area (Å²) in [6.45, 7) is 1.83. The van der Waals surface area contributed by atoms with E-state index in [1.54, 1.807) is 32.4 Å². The minimum Gasteiger partial charge on any atom is -0.452 e. The lowest BCUT2D eigenvalue weighted by Gasteiger charge is -2.03. The highest BCUT2D eigenvalue weighted by atomic mass is 16.7. The number of furan rings is 1. The number of carbonyl (C=O) groups is 2. The van der Waals surface area contributed by atoms with Crippen LogP contribution in [0, 0.1) is 0 Å². The van der Waals surface area contributed by atoms with Crippen LogP contribution in [0.3, 0.4) is 0 Å². The van der Waals surface area contributed by atoms with E-state index in [2.05, 4.69) is 9.47 Å². The number of methoxy groups -OCH3 is 2. The summed E-state index contributed by atoms with van der Waals surface area (Å²) in [5, 5.41) is 0.827. The maximum Gasteiger partial charge on any atom is 0.260 e. The molecule has 1 aromatic carbocycles. The van der Waals surface area contributed by atoms with Crippen molar-refractivity contribution in [3.05, 3.63) is 36.1 Å². The summed E-state index contributed by atoms with van der Waals surface area (Å²) in [6.07, 6.45) is 0.183. The first-order valence-corrected chi connectivity index (χ1v) is 5.66. The molecule has 0 bridgehead atoms. The largest absolute Gasteiger partial charge is 0.452 e. The van der Waals surface area contributed by atoms with Crippen molar-refractivity contribution in [2.75, 3.05) is 14.2 Å². The van der Waals surface area contributed by atoms with Crippen molar-refractivity contribution in [2.45, 2.75) is 13.2 Å². The second kappa shape index (κ2) is 7.45. The number of Topliss-reactive ketones (excluding diaryl/α,β-unsaturated/α-hetero) is 1. The zero-order valence-corrected chi connectivity index (χ0v) is 11.1. The fourth-order valence-electron chi connectivity index (χ4n) is 1.26. The van der Waals surface area contributed by atoms with Gasteiger partial charge in [0.25, 0.3) is 5.78 Å². The van der Waals surface area contributed by atoms with E-state index in [4.69, 9.17) is 4.42 Å². The second-order valence-corrected chi connectivity index (χ2v) is 3.67. The molecule has 1 heterocycles. The molecule has 1 aromatic heterocycles. The molecule has 0 fully saturated rings. The lowest BCUT2D eigenvalue weighted by atomic mass is 10.2. The molecule has 19 heavy (non-hydrogen) atoms. The highest BCUT2D eigenvalue weighted by molar-refractivity contribution is 6.32. The van der Waals surface area contributed by atoms with Crippen molar-refractivity contribution in [2.24, 2.45) is 0 Å². The second-order valence-electron chi connectivity index (χ2n) is 3.67. The fourth-order valence-corrected chi connectivity index (χ4v) is 1.26. The molecular formula is C14H16O5. The van der Waals surface area contributed by atoms with E-state index in [0.717, 1.165) is 5.39 Å². The highest BCUT2D eigenvalue weighted by Crippen LogP contribution is 2.18. The first-order valence-electron chi connectivity index (χ1n) is 5.66. The zero-order chi connectivity index (χ0) is 14.3. The highest BCUT2D eigenvalue weighted by Gasteiger charge is 2.09. The number of hydrogen-bond acceptors (Lipinski definition) is 5. The van der Waals surface area contributed by atoms with Crippen LogP contribution in [-0.4, -0.2) is 32.6 Å². The van der Waals surface area contributed by atoms with Crippen LogP contribution in [0.15, 0.2) is 34.7 Å². The average Bonchev–Trinajstić information content (AvgIpc) is 2.90. The molecule has 0 aliphatic carbocycles. The smallest absolute Gasteiger partial charge is 0.260 e. The van der Waals surface area contributed by atoms with Gasteiger partial charge in [0.05, 0.1) is 0 Å². The number of ketones is 1. The van der Waals surface area contributed by atoms with Gasteiger partial charge in [-0.05, 0) is 19.1 Å². The van der Waals surface area contributed by atoms with Gasteiger partial charge >= 0.3 is 0 Å². The van der Waals surface area contributed by atoms with Gasteiger partial charge in [-0.1, -0.05) is 18.2 Å². The molecule has 0 atom stereocenters. The molecule has 2 aromatic rings. The van der Waals surface area contributed by atoms with Gasteiger partial charge in [0.1, 0.15) is 5.58 Å². The van der Waals surface area contributed by atoms with Crippen LogP contribution < -0.4 is 0 Å². The van der Waals surface area contributed by atoms with Gasteiger partial charge in [-0.15, -0.1) is 0 Å². The van der Waals surface area contributed by atoms with Gasteiger partial charge in [0.15, 0.2) is 18.3 Å². The summed E-state index contributed by atoms with van der Waals surface area (Å²) >= 11 is 0. The average molecular weight is 264 g/mol. The number of rotatable bonds is 4. The Morgan fingerprint density at radius 2 is 1.89 bits per heavy atom. The molecule has 2 rings (SSSR count). The Morgan fingerprint density at radius 1 is 1.26 bits per heavy atom. The standard InChI is InChI=1S/C10H6O3.C4H10O2/c11-6-8(12)10-5-7-3-1-2-4-9(7)13-10;1-4(5-2)6-3/h1-6H;4H,1-3H3. The summed E-state index contributed by atoms with van der Waals surface area (Å²) in [7, 11) is 3.21. The molecule has 0 radical (unpaired) electrons. The molecule has 0 saturated carbocycles. The third-order valence-electron chi connectivity index (χ3n) is 2.44. The first kappa shape index (κ1) is 15.1. The lowest BCUT2D eigenvalue weighted by Crippen LogP contribution is -2.05. The molecule has 0 aliphatic heterocycles. The van der Waals surface area contributed by atoms with E-state index in [9.17, 15) is 9.59 Å². The maximum atomic E-state index is 10.9. The molecule has 5 heteroatoms. The molecule has 0 saturated heterocycles. The van der Waals surface area contributed by atoms with Crippen LogP contribution in [-0.2, 0) is 14.3 Å². The third-order valence-corrected chi connectivity index (χ3v) is 2.44. The van der Waals surface area contributed by atoms with Crippen LogP contribution in [0.4, 0.5) is 0 Å². The normalized spacial score (nSPS) is 10.1. The maximum absolute atomic E-state index is 10.9. The Bertz CT molecular complexity index is 507. The monoisotopic (exact) mass is 264 g/mol. The van der Waals surface area contributed by atoms with E-state index in [-0.39, 0.29) is 18.3 Å². The SMILES string of the molecule is COC(C)OC.O=CC(=O)c1cc2ccccc2o1. The van der Waals surface area contributed by atoms with E-state index >= 15 is 0 Å². The third kappa shape index (κ3) is 4.31. The summed E-state index contributed by atoms with van der Waals surface area (Å²) in [4.78, 5) is 21.1. The van der Waals surface area contributed by atoms with Gasteiger partial charge in [0, 0.05) is 19.6 Å². The molecule has 0 spiro atoms. The van der Waals surface area contributed by atoms with Crippen molar-refractivity contribution in [3.8, 4) is 0 Å². The number of carbonyl (C=O) groups excluding carboxylic acids is 2. The van der Waals surface area contributed by atoms with Crippen molar-refractivity contribution >= 4 is 23.0 Å². The molecule has 5 nitrogen and oxygen atoms in total. The summed E-state index contributed by atoms with van der Waals surface area (Å²) < 4.78 is 14.5. The zero-order valence-electron chi connectivity index (χ0n) is 11.1. The topological polar surface area (TPSA) is 65.7 Å². The number of aldehydes is 1. The lowest BCUT2D eigenvalue weighted by molar-refractivity contribution is -0.104. The number of ether oxygens (including phenoxy) is 2. The Morgan fingerprint density at radius 3 is 2.37 bits per heavy atom. The van der Waals surface area contributed by atoms with Gasteiger partial charge in [-0.2, -0.15) is 0 Å². The van der Waals surface area contributed by atoms with Crippen LogP contribution in [0.25, 0.3) is 11.0 Å². The summed E-state index contributed by atoms with van der Waals surface area (Å²) in [5.41, 5.74) is 0.618. The minimum atomic E-state index is -0.629. The Balaban J connectivity index is 0.000000258. The van der Waals surface area contributed by atoms with Crippen LogP contribution >= 0.6 is 0 Å². The summed E-state index contributed by atoms with van der Waals surface area (Å²) in [5.74, 6) is -0.535. The first-order chi connectivity index (χ1) is 9.12. The molecule has 0 amide bonds. The molecule has 0 aliphatic rings. The predicted octanol–water partition coefficient (Wildman–Crippen LogP) is 2.44. The van der Waals surface area contributed by atoms with Gasteiger partial charge in [-0.3, -0.25) is 9.59 Å². The molecule has 0 unspecified atom stereocenters. The minimum absolute atomic E-state index is 0.0648. The van der Waals surface area contributed by atoms with Gasteiger partial charge < -0.3 is 13.9 Å². The molecule has 102 valence electrons. The van der Waals surface area contributed by atoms with E-state index in [1.165, 1.54) is 0 Å². The molecular weight excluding hydrogens is 248 g/mol. The van der Waals surface area contributed by atoms with Crippen molar-refractivity contribution in [1.82, 2.24) is 0 Å². The number of para-hydroxylation sites is 1. The van der Waals surface area contributed by atoms with Crippen molar-refractivity contribution < 1.29 is 23.5 Å². The van der Waals surface area contributed by atoms with Crippen LogP contribution in [0.5, 0.6) is 0 Å². The quantitative estimate of drug-likeness (QED) is 0.367.